The van der Waals surface area contributed by atoms with Gasteiger partial charge in [0, 0.05) is 44.3 Å². The molecule has 3 N–H and O–H groups in total. The van der Waals surface area contributed by atoms with Gasteiger partial charge in [-0.15, -0.1) is 0 Å². The molecular formula is C26H29N9O2S. The Morgan fingerprint density at radius 2 is 1.84 bits per heavy atom. The van der Waals surface area contributed by atoms with Crippen LogP contribution < -0.4 is 10.9 Å². The third-order valence-corrected chi connectivity index (χ3v) is 6.81. The molecule has 0 radical (unpaired) electrons. The van der Waals surface area contributed by atoms with Crippen molar-refractivity contribution < 1.29 is 4.79 Å². The molecule has 196 valence electrons. The van der Waals surface area contributed by atoms with Gasteiger partial charge in [-0.1, -0.05) is 0 Å². The molecule has 11 nitrogen and oxygen atoms in total. The molecule has 0 bridgehead atoms. The maximum atomic E-state index is 13.4. The highest BCUT2D eigenvalue weighted by atomic mass is 32.1. The molecule has 1 aliphatic rings. The van der Waals surface area contributed by atoms with E-state index in [4.69, 9.17) is 4.98 Å². The number of rotatable bonds is 5. The fourth-order valence-electron chi connectivity index (χ4n) is 4.97. The Balaban J connectivity index is 0.00000294. The molecule has 1 saturated heterocycles. The number of aromatic nitrogens is 7. The van der Waals surface area contributed by atoms with Crippen LogP contribution in [0.3, 0.4) is 0 Å². The molecule has 4 aromatic heterocycles. The van der Waals surface area contributed by atoms with Crippen molar-refractivity contribution in [3.05, 3.63) is 64.1 Å². The summed E-state index contributed by atoms with van der Waals surface area (Å²) in [4.78, 5) is 48.0. The van der Waals surface area contributed by atoms with Crippen LogP contribution in [0.25, 0.3) is 33.5 Å². The number of nitrogens with one attached hydrogen (secondary N) is 3. The maximum Gasteiger partial charge on any atom is 0.261 e. The Morgan fingerprint density at radius 3 is 2.58 bits per heavy atom. The van der Waals surface area contributed by atoms with Crippen LogP contribution in [0.5, 0.6) is 0 Å². The van der Waals surface area contributed by atoms with E-state index < -0.39 is 0 Å². The van der Waals surface area contributed by atoms with E-state index in [-0.39, 0.29) is 31.0 Å². The smallest absolute Gasteiger partial charge is 0.261 e. The van der Waals surface area contributed by atoms with E-state index in [1.54, 1.807) is 36.4 Å². The summed E-state index contributed by atoms with van der Waals surface area (Å²) in [5.74, 6) is 0.994. The van der Waals surface area contributed by atoms with Crippen molar-refractivity contribution in [1.82, 2.24) is 39.6 Å². The van der Waals surface area contributed by atoms with Crippen molar-refractivity contribution in [1.29, 1.82) is 0 Å². The van der Waals surface area contributed by atoms with Crippen LogP contribution in [-0.2, 0) is 7.05 Å². The van der Waals surface area contributed by atoms with Crippen LogP contribution in [0.1, 0.15) is 47.6 Å². The van der Waals surface area contributed by atoms with Crippen molar-refractivity contribution in [2.45, 2.75) is 32.7 Å². The van der Waals surface area contributed by atoms with Gasteiger partial charge in [-0.25, -0.2) is 15.0 Å². The Labute approximate surface area is 225 Å². The number of pyridine rings is 1. The van der Waals surface area contributed by atoms with Crippen molar-refractivity contribution in [3.63, 3.8) is 0 Å². The summed E-state index contributed by atoms with van der Waals surface area (Å²) < 4.78 is 1.65. The molecule has 1 atom stereocenters. The number of fused-ring (bicyclic) bond motifs is 2. The minimum absolute atomic E-state index is 0. The number of hydrogen-bond acceptors (Lipinski definition) is 7. The molecule has 0 unspecified atom stereocenters. The lowest BCUT2D eigenvalue weighted by Gasteiger charge is -2.16. The van der Waals surface area contributed by atoms with Gasteiger partial charge in [0.05, 0.1) is 28.3 Å². The fourth-order valence-corrected chi connectivity index (χ4v) is 4.97. The summed E-state index contributed by atoms with van der Waals surface area (Å²) >= 11 is 0. The molecule has 6 rings (SSSR count). The first-order valence-electron chi connectivity index (χ1n) is 12.3. The van der Waals surface area contributed by atoms with Crippen LogP contribution in [0, 0.1) is 6.92 Å². The first kappa shape index (κ1) is 25.5. The first-order valence-corrected chi connectivity index (χ1v) is 12.3. The number of H-pyrrole nitrogens is 2. The molecule has 1 amide bonds. The molecule has 38 heavy (non-hydrogen) atoms. The second-order valence-corrected chi connectivity index (χ2v) is 9.51. The fraction of sp³-hybridized carbons (Fsp3) is 0.308. The topological polar surface area (TPSA) is 137 Å². The number of aryl methyl sites for hydroxylation is 2. The van der Waals surface area contributed by atoms with Gasteiger partial charge in [0.25, 0.3) is 11.5 Å². The third kappa shape index (κ3) is 4.40. The highest BCUT2D eigenvalue weighted by Gasteiger charge is 2.25. The van der Waals surface area contributed by atoms with Gasteiger partial charge in [0.15, 0.2) is 0 Å². The first-order chi connectivity index (χ1) is 17.9. The lowest BCUT2D eigenvalue weighted by atomic mass is 10.1. The molecular weight excluding hydrogens is 502 g/mol. The lowest BCUT2D eigenvalue weighted by Crippen LogP contribution is -2.28. The summed E-state index contributed by atoms with van der Waals surface area (Å²) in [5, 5.41) is 7.99. The van der Waals surface area contributed by atoms with Crippen LogP contribution in [0.4, 0.5) is 5.69 Å². The number of amides is 1. The number of carbonyl (C=O) groups is 1. The quantitative estimate of drug-likeness (QED) is 0.316. The van der Waals surface area contributed by atoms with Crippen molar-refractivity contribution in [2.24, 2.45) is 7.05 Å². The minimum atomic E-state index is -0.312. The second-order valence-electron chi connectivity index (χ2n) is 9.51. The van der Waals surface area contributed by atoms with Crippen molar-refractivity contribution in [3.8, 4) is 11.4 Å². The molecule has 1 aromatic carbocycles. The van der Waals surface area contributed by atoms with E-state index in [1.807, 2.05) is 30.9 Å². The summed E-state index contributed by atoms with van der Waals surface area (Å²) in [5.41, 5.74) is 4.61. The van der Waals surface area contributed by atoms with Gasteiger partial charge in [-0.3, -0.25) is 14.3 Å². The highest BCUT2D eigenvalue weighted by Crippen LogP contribution is 2.33. The zero-order valence-corrected chi connectivity index (χ0v) is 22.4. The summed E-state index contributed by atoms with van der Waals surface area (Å²) in [7, 11) is 1.80. The van der Waals surface area contributed by atoms with Crippen LogP contribution in [-0.4, -0.2) is 58.6 Å². The number of carbonyl (C=O) groups excluding carboxylic acids is 1. The number of imidazole rings is 1. The molecule has 5 heterocycles. The van der Waals surface area contributed by atoms with E-state index >= 15 is 0 Å². The largest absolute Gasteiger partial charge is 0.373 e. The van der Waals surface area contributed by atoms with E-state index in [0.29, 0.717) is 45.0 Å². The number of aromatic amines is 2. The highest BCUT2D eigenvalue weighted by molar-refractivity contribution is 7.59. The number of likely N-dealkylation sites (tertiary alicyclic amines) is 1. The normalized spacial score (nSPS) is 14.1. The van der Waals surface area contributed by atoms with Crippen LogP contribution in [0.2, 0.25) is 0 Å². The summed E-state index contributed by atoms with van der Waals surface area (Å²) in [6, 6.07) is 5.18. The maximum absolute atomic E-state index is 13.4. The van der Waals surface area contributed by atoms with Crippen molar-refractivity contribution in [2.75, 3.05) is 18.4 Å². The van der Waals surface area contributed by atoms with Crippen LogP contribution in [0.15, 0.2) is 41.6 Å². The number of benzene rings is 1. The molecule has 0 spiro atoms. The van der Waals surface area contributed by atoms with E-state index in [2.05, 4.69) is 30.4 Å². The average molecular weight is 532 g/mol. The van der Waals surface area contributed by atoms with Crippen molar-refractivity contribution >= 4 is 47.2 Å². The molecule has 0 saturated carbocycles. The monoisotopic (exact) mass is 531 g/mol. The Hall–Kier alpha value is -4.19. The van der Waals surface area contributed by atoms with Gasteiger partial charge >= 0.3 is 0 Å². The molecule has 5 aromatic rings. The Kier molecular flexibility index (Phi) is 6.66. The Morgan fingerprint density at radius 1 is 1.11 bits per heavy atom. The van der Waals surface area contributed by atoms with Gasteiger partial charge in [0.1, 0.15) is 22.7 Å². The van der Waals surface area contributed by atoms with E-state index in [9.17, 15) is 9.59 Å². The number of hydrogen-bond donors (Lipinski definition) is 3. The lowest BCUT2D eigenvalue weighted by molar-refractivity contribution is 0.0792. The second kappa shape index (κ2) is 9.93. The molecule has 0 aliphatic carbocycles. The average Bonchev–Trinajstić information content (AvgIpc) is 3.63. The summed E-state index contributed by atoms with van der Waals surface area (Å²) in [6.07, 6.45) is 7.17. The zero-order chi connectivity index (χ0) is 25.7. The van der Waals surface area contributed by atoms with E-state index in [1.165, 1.54) is 0 Å². The van der Waals surface area contributed by atoms with Gasteiger partial charge in [0.2, 0.25) is 0 Å². The predicted molar refractivity (Wildman–Crippen MR) is 151 cm³/mol. The molecule has 1 fully saturated rings. The number of nitrogens with zero attached hydrogens (tertiary/aromatic N) is 6. The van der Waals surface area contributed by atoms with Gasteiger partial charge < -0.3 is 20.2 Å². The predicted octanol–water partition coefficient (Wildman–Crippen LogP) is 3.43. The van der Waals surface area contributed by atoms with Crippen LogP contribution >= 0.6 is 13.5 Å². The number of anilines is 1. The van der Waals surface area contributed by atoms with E-state index in [0.717, 1.165) is 37.0 Å². The standard InChI is InChI=1S/C26H27N9O2.H2S/c1-14-11-17-18(12-16(14)26(37)35-9-4-5-10-35)31-24(30-17)20-22(29-15(2)23-27-7-6-8-28-23)21-19(32-25(20)36)13-34(3)33-21;/h6-8,11-13,15,29H,4-5,9-10H2,1-3H3,(H,30,31)(H,32,36);1H2/t15-;/m0./s1. The zero-order valence-electron chi connectivity index (χ0n) is 21.4. The summed E-state index contributed by atoms with van der Waals surface area (Å²) in [6.45, 7) is 5.40. The van der Waals surface area contributed by atoms with Gasteiger partial charge in [-0.05, 0) is 50.5 Å². The molecule has 1 aliphatic heterocycles. The Bertz CT molecular complexity index is 1700. The SMILES string of the molecule is Cc1cc2[nH]c(-c3c(N[C@@H](C)c4ncccn4)c4nn(C)cc4[nH]c3=O)nc2cc1C(=O)N1CCCC1.S. The minimum Gasteiger partial charge on any atom is -0.373 e. The van der Waals surface area contributed by atoms with Gasteiger partial charge in [-0.2, -0.15) is 18.6 Å². The third-order valence-electron chi connectivity index (χ3n) is 6.81. The molecule has 12 heteroatoms.